The molecule has 0 saturated heterocycles. The van der Waals surface area contributed by atoms with E-state index in [1.54, 1.807) is 0 Å². The van der Waals surface area contributed by atoms with Gasteiger partial charge in [0, 0.05) is 83.7 Å². The van der Waals surface area contributed by atoms with E-state index >= 15 is 4.39 Å². The van der Waals surface area contributed by atoms with Crippen LogP contribution in [-0.4, -0.2) is 13.4 Å². The number of rotatable bonds is 11. The molecule has 4 aliphatic heterocycles. The van der Waals surface area contributed by atoms with Gasteiger partial charge in [-0.3, -0.25) is 0 Å². The van der Waals surface area contributed by atoms with Crippen LogP contribution in [0.15, 0.2) is 343 Å². The van der Waals surface area contributed by atoms with Gasteiger partial charge in [-0.15, -0.1) is 0 Å². The van der Waals surface area contributed by atoms with Gasteiger partial charge in [0.25, 0.3) is 6.71 Å². The first-order chi connectivity index (χ1) is 47.7. The smallest absolute Gasteiger partial charge is 0.311 e. The van der Waals surface area contributed by atoms with Crippen LogP contribution >= 0.6 is 11.8 Å². The average Bonchev–Trinajstić information content (AvgIpc) is 0.689. The van der Waals surface area contributed by atoms with E-state index in [9.17, 15) is 13.2 Å². The minimum absolute atomic E-state index is 0.272. The first-order valence-electron chi connectivity index (χ1n) is 32.5. The maximum atomic E-state index is 20.4. The Morgan fingerprint density at radius 2 is 0.670 bits per heavy atom. The van der Waals surface area contributed by atoms with E-state index in [0.717, 1.165) is 135 Å². The number of hydrogen-bond donors (Lipinski definition) is 0. The fraction of sp³-hybridized carbons (Fsp3) is 0.0118. The van der Waals surface area contributed by atoms with Crippen LogP contribution in [0.4, 0.5) is 103 Å². The molecule has 0 atom stereocenters. The van der Waals surface area contributed by atoms with E-state index in [0.29, 0.717) is 21.7 Å². The van der Waals surface area contributed by atoms with E-state index in [4.69, 9.17) is 0 Å². The van der Waals surface area contributed by atoms with E-state index in [-0.39, 0.29) is 5.69 Å². The number of halogens is 4. The number of alkyl halides is 3. The number of hydrogen-bond acceptors (Lipinski definition) is 6. The molecular weight excluding hydrogens is 1220 g/mol. The summed E-state index contributed by atoms with van der Waals surface area (Å²) in [7, 11) is 0. The van der Waals surface area contributed by atoms with Crippen molar-refractivity contribution < 1.29 is 17.6 Å². The molecule has 460 valence electrons. The van der Waals surface area contributed by atoms with Crippen LogP contribution in [0.25, 0.3) is 22.3 Å². The van der Waals surface area contributed by atoms with Crippen molar-refractivity contribution in [3.8, 4) is 22.3 Å². The Labute approximate surface area is 565 Å². The van der Waals surface area contributed by atoms with Crippen LogP contribution in [0.5, 0.6) is 0 Å². The van der Waals surface area contributed by atoms with Gasteiger partial charge in [0.1, 0.15) is 0 Å². The maximum Gasteiger partial charge on any atom is 0.416 e. The molecule has 5 nitrogen and oxygen atoms in total. The SMILES string of the molecule is Fc1c2c(cc3c1N(c1ccc(C(F)(F)F)cc1)c1cc(N(c4ccccc4)c4ccccc4)cc4c1B3c1ccccc1N4c1ccccc1)B1c3ccccc3N(c3ccccc3)c3cc(N(c4ccc(-c5ccccc5)cc4)c4ccc(-c5ccccc5)cc4)cc(c31)S2. The summed E-state index contributed by atoms with van der Waals surface area (Å²) in [6.07, 6.45) is -4.63. The van der Waals surface area contributed by atoms with Crippen LogP contribution in [0.2, 0.25) is 0 Å². The molecule has 0 aromatic heterocycles. The van der Waals surface area contributed by atoms with E-state index in [2.05, 4.69) is 250 Å². The molecule has 12 heteroatoms. The lowest BCUT2D eigenvalue weighted by Gasteiger charge is -2.46. The van der Waals surface area contributed by atoms with Crippen LogP contribution < -0.4 is 57.3 Å². The van der Waals surface area contributed by atoms with Gasteiger partial charge in [-0.2, -0.15) is 13.2 Å². The molecule has 14 aromatic carbocycles. The van der Waals surface area contributed by atoms with Gasteiger partial charge >= 0.3 is 6.18 Å². The predicted molar refractivity (Wildman–Crippen MR) is 396 cm³/mol. The molecule has 97 heavy (non-hydrogen) atoms. The molecule has 0 amide bonds. The molecule has 0 radical (unpaired) electrons. The van der Waals surface area contributed by atoms with Gasteiger partial charge in [-0.05, 0) is 183 Å². The minimum atomic E-state index is -4.63. The van der Waals surface area contributed by atoms with Crippen molar-refractivity contribution in [2.75, 3.05) is 24.5 Å². The predicted octanol–water partition coefficient (Wildman–Crippen LogP) is 20.0. The Morgan fingerprint density at radius 1 is 0.299 bits per heavy atom. The van der Waals surface area contributed by atoms with E-state index in [1.165, 1.54) is 23.9 Å². The number of para-hydroxylation sites is 6. The maximum absolute atomic E-state index is 20.4. The summed E-state index contributed by atoms with van der Waals surface area (Å²) in [5.41, 5.74) is 21.2. The Kier molecular flexibility index (Phi) is 13.9. The van der Waals surface area contributed by atoms with Gasteiger partial charge in [0.05, 0.1) is 16.9 Å². The highest BCUT2D eigenvalue weighted by Gasteiger charge is 2.49. The Bertz CT molecular complexity index is 5210. The van der Waals surface area contributed by atoms with Gasteiger partial charge in [-0.25, -0.2) is 4.39 Å². The molecule has 0 unspecified atom stereocenters. The summed E-state index contributed by atoms with van der Waals surface area (Å²) < 4.78 is 64.9. The van der Waals surface area contributed by atoms with Gasteiger partial charge in [0.2, 0.25) is 6.71 Å². The van der Waals surface area contributed by atoms with Crippen molar-refractivity contribution in [3.63, 3.8) is 0 Å². The quantitative estimate of drug-likeness (QED) is 0.0941. The molecular formula is C85H55B2F4N5S. The molecule has 0 bridgehead atoms. The highest BCUT2D eigenvalue weighted by atomic mass is 32.2. The number of fused-ring (bicyclic) bond motifs is 8. The second-order valence-electron chi connectivity index (χ2n) is 24.8. The topological polar surface area (TPSA) is 16.2 Å². The average molecular weight is 1280 g/mol. The Morgan fingerprint density at radius 3 is 1.14 bits per heavy atom. The highest BCUT2D eigenvalue weighted by Crippen LogP contribution is 2.53. The molecule has 4 heterocycles. The fourth-order valence-electron chi connectivity index (χ4n) is 15.1. The third-order valence-electron chi connectivity index (χ3n) is 19.3. The monoisotopic (exact) mass is 1280 g/mol. The first kappa shape index (κ1) is 57.9. The third-order valence-corrected chi connectivity index (χ3v) is 20.5. The van der Waals surface area contributed by atoms with Crippen molar-refractivity contribution in [2.45, 2.75) is 16.0 Å². The second-order valence-corrected chi connectivity index (χ2v) is 25.8. The molecule has 0 spiro atoms. The lowest BCUT2D eigenvalue weighted by atomic mass is 9.31. The molecule has 0 N–H and O–H groups in total. The first-order valence-corrected chi connectivity index (χ1v) is 33.3. The largest absolute Gasteiger partial charge is 0.416 e. The molecule has 0 saturated carbocycles. The summed E-state index contributed by atoms with van der Waals surface area (Å²) in [5.74, 6) is -0.466. The van der Waals surface area contributed by atoms with Gasteiger partial charge < -0.3 is 24.5 Å². The number of nitrogens with zero attached hydrogens (tertiary/aromatic N) is 5. The van der Waals surface area contributed by atoms with Crippen LogP contribution in [0.1, 0.15) is 5.56 Å². The Balaban J connectivity index is 0.907. The summed E-state index contributed by atoms with van der Waals surface area (Å²) in [6, 6.07) is 112. The van der Waals surface area contributed by atoms with Crippen LogP contribution in [0.3, 0.4) is 0 Å². The third kappa shape index (κ3) is 9.72. The van der Waals surface area contributed by atoms with Crippen molar-refractivity contribution in [3.05, 3.63) is 345 Å². The second kappa shape index (κ2) is 23.3. The van der Waals surface area contributed by atoms with Gasteiger partial charge in [0.15, 0.2) is 5.82 Å². The zero-order valence-corrected chi connectivity index (χ0v) is 52.9. The van der Waals surface area contributed by atoms with E-state index < -0.39 is 31.0 Å². The van der Waals surface area contributed by atoms with Crippen molar-refractivity contribution in [2.24, 2.45) is 0 Å². The van der Waals surface area contributed by atoms with Crippen molar-refractivity contribution in [1.82, 2.24) is 0 Å². The van der Waals surface area contributed by atoms with E-state index in [1.807, 2.05) is 83.8 Å². The summed E-state index contributed by atoms with van der Waals surface area (Å²) in [5, 5.41) is 0. The summed E-state index contributed by atoms with van der Waals surface area (Å²) >= 11 is 1.42. The van der Waals surface area contributed by atoms with Crippen LogP contribution in [-0.2, 0) is 6.18 Å². The lowest BCUT2D eigenvalue weighted by molar-refractivity contribution is -0.137. The number of benzene rings is 14. The summed E-state index contributed by atoms with van der Waals surface area (Å²) in [6.45, 7) is -1.02. The summed E-state index contributed by atoms with van der Waals surface area (Å²) in [4.78, 5) is 12.4. The lowest BCUT2D eigenvalue weighted by Crippen LogP contribution is -2.65. The van der Waals surface area contributed by atoms with Crippen molar-refractivity contribution in [1.29, 1.82) is 0 Å². The fourth-order valence-corrected chi connectivity index (χ4v) is 16.3. The zero-order valence-electron chi connectivity index (χ0n) is 52.1. The standard InChI is InChI=1S/C85H55B2F4N5S/c88-82-83-72(86-70-35-19-21-37-74(70)94(63-31-15-5-16-32-63)76-51-68(92(61-27-11-3-12-28-61)62-29-13-4-14-30-62)52-77(80(76)86)96(83)67-49-43-60(44-50-67)85(89,90)91)55-73-84(82)97-79-54-69(53-78-81(79)87(73)71-36-20-22-38-75(71)95(78)64-33-17-6-18-34-64)93(65-45-39-58(40-46-65)56-23-7-1-8-24-56)66-47-41-59(42-48-66)57-25-9-2-10-26-57/h1-55H. The molecule has 4 aliphatic rings. The number of anilines is 15. The Hall–Kier alpha value is -11.7. The molecule has 0 fully saturated rings. The van der Waals surface area contributed by atoms with Crippen molar-refractivity contribution >= 4 is 143 Å². The van der Waals surface area contributed by atoms with Crippen LogP contribution in [0, 0.1) is 5.82 Å². The molecule has 14 aromatic rings. The molecule has 0 aliphatic carbocycles. The van der Waals surface area contributed by atoms with Gasteiger partial charge in [-0.1, -0.05) is 217 Å². The highest BCUT2D eigenvalue weighted by molar-refractivity contribution is 8.00. The molecule has 18 rings (SSSR count). The zero-order chi connectivity index (χ0) is 64.9. The minimum Gasteiger partial charge on any atom is -0.311 e. The normalized spacial score (nSPS) is 13.0.